The molecule has 0 saturated heterocycles. The lowest BCUT2D eigenvalue weighted by Crippen LogP contribution is -2.30. The average molecular weight is 845 g/mol. The summed E-state index contributed by atoms with van der Waals surface area (Å²) in [6.07, 6.45) is 55.9. The van der Waals surface area contributed by atoms with Gasteiger partial charge in [-0.3, -0.25) is 14.4 Å². The molecule has 352 valence electrons. The monoisotopic (exact) mass is 845 g/mol. The molecule has 0 aromatic rings. The van der Waals surface area contributed by atoms with E-state index in [9.17, 15) is 14.4 Å². The highest BCUT2D eigenvalue weighted by atomic mass is 16.6. The maximum Gasteiger partial charge on any atom is 0.306 e. The third-order valence-electron chi connectivity index (χ3n) is 11.7. The molecule has 0 bridgehead atoms. The largest absolute Gasteiger partial charge is 0.462 e. The minimum absolute atomic E-state index is 0.0750. The van der Waals surface area contributed by atoms with Gasteiger partial charge in [-0.2, -0.15) is 0 Å². The fourth-order valence-electron chi connectivity index (χ4n) is 7.73. The van der Waals surface area contributed by atoms with E-state index in [-0.39, 0.29) is 31.1 Å². The van der Waals surface area contributed by atoms with Gasteiger partial charge in [-0.25, -0.2) is 0 Å². The Morgan fingerprint density at radius 2 is 0.583 bits per heavy atom. The molecule has 6 heteroatoms. The minimum Gasteiger partial charge on any atom is -0.462 e. The number of hydrogen-bond donors (Lipinski definition) is 0. The number of unbranched alkanes of at least 4 members (excludes halogenated alkanes) is 34. The molecule has 60 heavy (non-hydrogen) atoms. The first-order valence-corrected chi connectivity index (χ1v) is 26.4. The summed E-state index contributed by atoms with van der Waals surface area (Å²) in [6, 6.07) is 0. The van der Waals surface area contributed by atoms with E-state index in [2.05, 4.69) is 45.1 Å². The number of carbonyl (C=O) groups excluding carboxylic acids is 3. The summed E-state index contributed by atoms with van der Waals surface area (Å²) in [4.78, 5) is 37.9. The second-order valence-corrected chi connectivity index (χ2v) is 17.8. The number of rotatable bonds is 48. The van der Waals surface area contributed by atoms with Crippen LogP contribution in [0.1, 0.15) is 284 Å². The van der Waals surface area contributed by atoms with Gasteiger partial charge >= 0.3 is 17.9 Å². The number of ether oxygens (including phenoxy) is 3. The first-order chi connectivity index (χ1) is 29.5. The molecule has 0 aliphatic carbocycles. The molecule has 0 N–H and O–H groups in total. The van der Waals surface area contributed by atoms with Crippen molar-refractivity contribution in [1.82, 2.24) is 0 Å². The molecule has 0 heterocycles. The highest BCUT2D eigenvalue weighted by Gasteiger charge is 2.19. The zero-order chi connectivity index (χ0) is 43.7. The Kier molecular flexibility index (Phi) is 47.8. The Morgan fingerprint density at radius 1 is 0.333 bits per heavy atom. The van der Waals surface area contributed by atoms with Gasteiger partial charge in [0, 0.05) is 19.3 Å². The van der Waals surface area contributed by atoms with Gasteiger partial charge in [-0.15, -0.1) is 0 Å². The summed E-state index contributed by atoms with van der Waals surface area (Å²) in [6.45, 7) is 6.63. The molecule has 0 aliphatic heterocycles. The zero-order valence-electron chi connectivity index (χ0n) is 40.2. The molecule has 0 spiro atoms. The molecule has 0 aromatic carbocycles. The minimum atomic E-state index is -0.775. The number of hydrogen-bond acceptors (Lipinski definition) is 6. The zero-order valence-corrected chi connectivity index (χ0v) is 40.2. The van der Waals surface area contributed by atoms with Crippen LogP contribution in [-0.4, -0.2) is 37.2 Å². The van der Waals surface area contributed by atoms with Crippen molar-refractivity contribution in [3.63, 3.8) is 0 Å². The van der Waals surface area contributed by atoms with Gasteiger partial charge in [-0.1, -0.05) is 244 Å². The summed E-state index contributed by atoms with van der Waals surface area (Å²) in [5, 5.41) is 0. The van der Waals surface area contributed by atoms with Crippen LogP contribution in [-0.2, 0) is 28.6 Å². The van der Waals surface area contributed by atoms with Gasteiger partial charge in [-0.05, 0) is 44.9 Å². The van der Waals surface area contributed by atoms with Crippen molar-refractivity contribution < 1.29 is 28.6 Å². The highest BCUT2D eigenvalue weighted by molar-refractivity contribution is 5.71. The third-order valence-corrected chi connectivity index (χ3v) is 11.7. The summed E-state index contributed by atoms with van der Waals surface area (Å²) >= 11 is 0. The van der Waals surface area contributed by atoms with E-state index >= 15 is 0 Å². The Hall–Kier alpha value is -2.11. The lowest BCUT2D eigenvalue weighted by molar-refractivity contribution is -0.167. The average Bonchev–Trinajstić information content (AvgIpc) is 3.24. The first kappa shape index (κ1) is 57.9. The van der Waals surface area contributed by atoms with Crippen molar-refractivity contribution in [1.29, 1.82) is 0 Å². The summed E-state index contributed by atoms with van der Waals surface area (Å²) in [5.74, 6) is -0.889. The Bertz CT molecular complexity index is 973. The van der Waals surface area contributed by atoms with E-state index < -0.39 is 6.10 Å². The van der Waals surface area contributed by atoms with Crippen molar-refractivity contribution in [2.24, 2.45) is 0 Å². The van der Waals surface area contributed by atoms with E-state index in [0.29, 0.717) is 19.3 Å². The van der Waals surface area contributed by atoms with E-state index in [1.807, 2.05) is 0 Å². The smallest absolute Gasteiger partial charge is 0.306 e. The van der Waals surface area contributed by atoms with Crippen molar-refractivity contribution in [3.8, 4) is 0 Å². The molecule has 0 radical (unpaired) electrons. The van der Waals surface area contributed by atoms with E-state index in [1.54, 1.807) is 0 Å². The van der Waals surface area contributed by atoms with Crippen molar-refractivity contribution >= 4 is 17.9 Å². The predicted molar refractivity (Wildman–Crippen MR) is 256 cm³/mol. The fourth-order valence-corrected chi connectivity index (χ4v) is 7.73. The first-order valence-electron chi connectivity index (χ1n) is 26.4. The maximum absolute atomic E-state index is 12.8. The second kappa shape index (κ2) is 49.5. The number of esters is 3. The molecule has 0 rings (SSSR count). The molecule has 6 nitrogen and oxygen atoms in total. The van der Waals surface area contributed by atoms with Crippen LogP contribution in [0.3, 0.4) is 0 Å². The standard InChI is InChI=1S/C54H100O6/c1-4-7-10-13-16-19-22-24-26-28-30-32-35-38-41-44-47-53(56)59-50-51(49-58-52(55)46-43-40-37-34-21-18-15-12-9-6-3)60-54(57)48-45-42-39-36-33-31-29-27-25-23-20-17-14-11-8-5-2/h26,28,30,32,51H,4-25,27,29,31,33-50H2,1-3H3/b28-26-,32-30-. The normalized spacial score (nSPS) is 12.1. The molecular formula is C54H100O6. The Balaban J connectivity index is 4.34. The Labute approximate surface area is 373 Å². The SMILES string of the molecule is CCCCCCCCC/C=C\C=C/CCCCCC(=O)OCC(COC(=O)CCCCCCCCCCCC)OC(=O)CCCCCCCCCCCCCCCCCC. The molecule has 0 amide bonds. The van der Waals surface area contributed by atoms with Crippen LogP contribution in [0.5, 0.6) is 0 Å². The molecule has 1 atom stereocenters. The summed E-state index contributed by atoms with van der Waals surface area (Å²) in [7, 11) is 0. The lowest BCUT2D eigenvalue weighted by atomic mass is 10.0. The van der Waals surface area contributed by atoms with Crippen LogP contribution in [0.4, 0.5) is 0 Å². The van der Waals surface area contributed by atoms with Gasteiger partial charge < -0.3 is 14.2 Å². The van der Waals surface area contributed by atoms with E-state index in [0.717, 1.165) is 70.6 Å². The quantitative estimate of drug-likeness (QED) is 0.0263. The molecule has 1 unspecified atom stereocenters. The molecule has 0 fully saturated rings. The maximum atomic E-state index is 12.8. The van der Waals surface area contributed by atoms with Gasteiger partial charge in [0.05, 0.1) is 0 Å². The topological polar surface area (TPSA) is 78.9 Å². The molecule has 0 saturated carbocycles. The van der Waals surface area contributed by atoms with Gasteiger partial charge in [0.1, 0.15) is 13.2 Å². The molecule has 0 aliphatic rings. The lowest BCUT2D eigenvalue weighted by Gasteiger charge is -2.18. The number of allylic oxidation sites excluding steroid dienone is 4. The van der Waals surface area contributed by atoms with Crippen LogP contribution in [0.15, 0.2) is 24.3 Å². The van der Waals surface area contributed by atoms with Crippen molar-refractivity contribution in [2.75, 3.05) is 13.2 Å². The van der Waals surface area contributed by atoms with E-state index in [1.165, 1.54) is 173 Å². The van der Waals surface area contributed by atoms with Crippen LogP contribution in [0.2, 0.25) is 0 Å². The predicted octanol–water partition coefficient (Wildman–Crippen LogP) is 17.2. The van der Waals surface area contributed by atoms with Crippen LogP contribution >= 0.6 is 0 Å². The van der Waals surface area contributed by atoms with Crippen LogP contribution < -0.4 is 0 Å². The van der Waals surface area contributed by atoms with Crippen molar-refractivity contribution in [3.05, 3.63) is 24.3 Å². The van der Waals surface area contributed by atoms with Gasteiger partial charge in [0.15, 0.2) is 6.10 Å². The highest BCUT2D eigenvalue weighted by Crippen LogP contribution is 2.16. The van der Waals surface area contributed by atoms with Gasteiger partial charge in [0.25, 0.3) is 0 Å². The molecule has 0 aromatic heterocycles. The van der Waals surface area contributed by atoms with Gasteiger partial charge in [0.2, 0.25) is 0 Å². The van der Waals surface area contributed by atoms with Crippen LogP contribution in [0, 0.1) is 0 Å². The van der Waals surface area contributed by atoms with E-state index in [4.69, 9.17) is 14.2 Å². The molecular weight excluding hydrogens is 745 g/mol. The number of carbonyl (C=O) groups is 3. The summed E-state index contributed by atoms with van der Waals surface area (Å²) in [5.41, 5.74) is 0. The third kappa shape index (κ3) is 46.9. The fraction of sp³-hybridized carbons (Fsp3) is 0.870. The second-order valence-electron chi connectivity index (χ2n) is 17.8. The summed E-state index contributed by atoms with van der Waals surface area (Å²) < 4.78 is 16.8. The van der Waals surface area contributed by atoms with Crippen molar-refractivity contribution in [2.45, 2.75) is 290 Å². The van der Waals surface area contributed by atoms with Crippen LogP contribution in [0.25, 0.3) is 0 Å². The Morgan fingerprint density at radius 3 is 0.900 bits per heavy atom.